The summed E-state index contributed by atoms with van der Waals surface area (Å²) in [6, 6.07) is 0.232. The molecule has 18 heavy (non-hydrogen) atoms. The van der Waals surface area contributed by atoms with Gasteiger partial charge in [0.15, 0.2) is 0 Å². The Hall–Kier alpha value is -1.16. The Balaban J connectivity index is 2.79. The van der Waals surface area contributed by atoms with Gasteiger partial charge in [-0.25, -0.2) is 4.98 Å². The van der Waals surface area contributed by atoms with Crippen LogP contribution in [0.25, 0.3) is 0 Å². The van der Waals surface area contributed by atoms with Gasteiger partial charge in [0.1, 0.15) is 5.69 Å². The van der Waals surface area contributed by atoms with Crippen LogP contribution < -0.4 is 10.1 Å². The van der Waals surface area contributed by atoms with E-state index in [0.29, 0.717) is 11.8 Å². The summed E-state index contributed by atoms with van der Waals surface area (Å²) in [6.07, 6.45) is 6.74. The SMILES string of the molecule is CCCNC(CCC(C)C)c1nccnc1OC. The topological polar surface area (TPSA) is 47.0 Å². The fourth-order valence-electron chi connectivity index (χ4n) is 1.89. The molecule has 0 aliphatic carbocycles. The summed E-state index contributed by atoms with van der Waals surface area (Å²) < 4.78 is 5.30. The van der Waals surface area contributed by atoms with Crippen molar-refractivity contribution in [3.63, 3.8) is 0 Å². The number of rotatable bonds is 8. The quantitative estimate of drug-likeness (QED) is 0.771. The van der Waals surface area contributed by atoms with Crippen molar-refractivity contribution in [3.05, 3.63) is 18.1 Å². The van der Waals surface area contributed by atoms with E-state index in [1.165, 1.54) is 6.42 Å². The summed E-state index contributed by atoms with van der Waals surface area (Å²) in [5.74, 6) is 1.33. The zero-order valence-electron chi connectivity index (χ0n) is 11.9. The predicted molar refractivity (Wildman–Crippen MR) is 73.7 cm³/mol. The normalized spacial score (nSPS) is 12.7. The van der Waals surface area contributed by atoms with Gasteiger partial charge < -0.3 is 10.1 Å². The summed E-state index contributed by atoms with van der Waals surface area (Å²) in [4.78, 5) is 8.66. The Morgan fingerprint density at radius 2 is 1.94 bits per heavy atom. The highest BCUT2D eigenvalue weighted by Crippen LogP contribution is 2.25. The number of aromatic nitrogens is 2. The molecule has 0 aliphatic heterocycles. The summed E-state index contributed by atoms with van der Waals surface area (Å²) in [5.41, 5.74) is 0.925. The number of nitrogens with zero attached hydrogens (tertiary/aromatic N) is 2. The Bertz CT molecular complexity index is 342. The standard InChI is InChI=1S/C14H25N3O/c1-5-8-15-12(7-6-11(2)3)13-14(18-4)17-10-9-16-13/h9-12,15H,5-8H2,1-4H3. The molecule has 102 valence electrons. The fraction of sp³-hybridized carbons (Fsp3) is 0.714. The van der Waals surface area contributed by atoms with Crippen molar-refractivity contribution in [1.29, 1.82) is 0 Å². The van der Waals surface area contributed by atoms with Gasteiger partial charge in [-0.1, -0.05) is 20.8 Å². The maximum absolute atomic E-state index is 5.30. The first-order valence-corrected chi connectivity index (χ1v) is 6.77. The van der Waals surface area contributed by atoms with Crippen LogP contribution >= 0.6 is 0 Å². The molecule has 4 heteroatoms. The third-order valence-corrected chi connectivity index (χ3v) is 2.89. The van der Waals surface area contributed by atoms with Crippen molar-refractivity contribution in [3.8, 4) is 5.88 Å². The Kier molecular flexibility index (Phi) is 6.65. The van der Waals surface area contributed by atoms with Gasteiger partial charge in [0, 0.05) is 12.4 Å². The molecule has 4 nitrogen and oxygen atoms in total. The third-order valence-electron chi connectivity index (χ3n) is 2.89. The first-order valence-electron chi connectivity index (χ1n) is 6.77. The molecule has 0 saturated heterocycles. The molecule has 1 rings (SSSR count). The molecule has 0 aliphatic rings. The largest absolute Gasteiger partial charge is 0.480 e. The minimum atomic E-state index is 0.232. The van der Waals surface area contributed by atoms with Crippen LogP contribution in [0.4, 0.5) is 0 Å². The molecule has 1 atom stereocenters. The Labute approximate surface area is 110 Å². The van der Waals surface area contributed by atoms with Gasteiger partial charge in [-0.05, 0) is 31.7 Å². The molecule has 0 radical (unpaired) electrons. The molecule has 0 spiro atoms. The van der Waals surface area contributed by atoms with Gasteiger partial charge in [0.2, 0.25) is 5.88 Å². The first-order chi connectivity index (χ1) is 8.69. The van der Waals surface area contributed by atoms with Crippen molar-refractivity contribution < 1.29 is 4.74 Å². The van der Waals surface area contributed by atoms with E-state index >= 15 is 0 Å². The minimum Gasteiger partial charge on any atom is -0.480 e. The molecule has 0 fully saturated rings. The van der Waals surface area contributed by atoms with Crippen LogP contribution in [0.15, 0.2) is 12.4 Å². The van der Waals surface area contributed by atoms with Gasteiger partial charge in [-0.2, -0.15) is 0 Å². The van der Waals surface area contributed by atoms with Crippen molar-refractivity contribution in [2.24, 2.45) is 5.92 Å². The van der Waals surface area contributed by atoms with Crippen LogP contribution in [-0.4, -0.2) is 23.6 Å². The maximum Gasteiger partial charge on any atom is 0.236 e. The van der Waals surface area contributed by atoms with E-state index in [2.05, 4.69) is 36.1 Å². The van der Waals surface area contributed by atoms with Crippen LogP contribution in [0.3, 0.4) is 0 Å². The van der Waals surface area contributed by atoms with E-state index in [-0.39, 0.29) is 6.04 Å². The van der Waals surface area contributed by atoms with Gasteiger partial charge in [0.25, 0.3) is 0 Å². The van der Waals surface area contributed by atoms with Crippen LogP contribution in [0.5, 0.6) is 5.88 Å². The van der Waals surface area contributed by atoms with E-state index in [0.717, 1.165) is 25.1 Å². The second-order valence-corrected chi connectivity index (χ2v) is 4.93. The van der Waals surface area contributed by atoms with Gasteiger partial charge in [0.05, 0.1) is 13.2 Å². The third kappa shape index (κ3) is 4.61. The molecule has 0 saturated carbocycles. The van der Waals surface area contributed by atoms with Crippen LogP contribution in [0.1, 0.15) is 51.8 Å². The maximum atomic E-state index is 5.30. The monoisotopic (exact) mass is 251 g/mol. The first kappa shape index (κ1) is 14.9. The predicted octanol–water partition coefficient (Wildman–Crippen LogP) is 2.96. The summed E-state index contributed by atoms with van der Waals surface area (Å²) in [5, 5.41) is 3.53. The lowest BCUT2D eigenvalue weighted by molar-refractivity contribution is 0.365. The van der Waals surface area contributed by atoms with Crippen molar-refractivity contribution in [2.45, 2.75) is 46.1 Å². The molecule has 1 aromatic heterocycles. The van der Waals surface area contributed by atoms with E-state index in [9.17, 15) is 0 Å². The lowest BCUT2D eigenvalue weighted by Crippen LogP contribution is -2.24. The van der Waals surface area contributed by atoms with Crippen LogP contribution in [0, 0.1) is 5.92 Å². The van der Waals surface area contributed by atoms with Crippen molar-refractivity contribution in [2.75, 3.05) is 13.7 Å². The molecule has 0 aromatic carbocycles. The fourth-order valence-corrected chi connectivity index (χ4v) is 1.89. The minimum absolute atomic E-state index is 0.232. The zero-order chi connectivity index (χ0) is 13.4. The lowest BCUT2D eigenvalue weighted by atomic mass is 10.0. The Morgan fingerprint density at radius 3 is 2.56 bits per heavy atom. The number of hydrogen-bond donors (Lipinski definition) is 1. The average Bonchev–Trinajstić information content (AvgIpc) is 2.38. The van der Waals surface area contributed by atoms with Crippen molar-refractivity contribution in [1.82, 2.24) is 15.3 Å². The number of nitrogens with one attached hydrogen (secondary N) is 1. The highest BCUT2D eigenvalue weighted by atomic mass is 16.5. The van der Waals surface area contributed by atoms with Gasteiger partial charge in [-0.15, -0.1) is 0 Å². The summed E-state index contributed by atoms with van der Waals surface area (Å²) >= 11 is 0. The zero-order valence-corrected chi connectivity index (χ0v) is 11.9. The van der Waals surface area contributed by atoms with E-state index < -0.39 is 0 Å². The smallest absolute Gasteiger partial charge is 0.236 e. The second-order valence-electron chi connectivity index (χ2n) is 4.93. The average molecular weight is 251 g/mol. The molecule has 0 amide bonds. The molecular weight excluding hydrogens is 226 g/mol. The van der Waals surface area contributed by atoms with Crippen LogP contribution in [-0.2, 0) is 0 Å². The highest BCUT2D eigenvalue weighted by molar-refractivity contribution is 5.21. The van der Waals surface area contributed by atoms with E-state index in [4.69, 9.17) is 4.74 Å². The van der Waals surface area contributed by atoms with E-state index in [1.54, 1.807) is 19.5 Å². The summed E-state index contributed by atoms with van der Waals surface area (Å²) in [6.45, 7) is 7.64. The van der Waals surface area contributed by atoms with E-state index in [1.807, 2.05) is 0 Å². The van der Waals surface area contributed by atoms with Crippen LogP contribution in [0.2, 0.25) is 0 Å². The molecule has 0 bridgehead atoms. The van der Waals surface area contributed by atoms with Gasteiger partial charge >= 0.3 is 0 Å². The number of methoxy groups -OCH3 is 1. The summed E-state index contributed by atoms with van der Waals surface area (Å²) in [7, 11) is 1.65. The second kappa shape index (κ2) is 8.03. The molecule has 1 N–H and O–H groups in total. The molecule has 1 unspecified atom stereocenters. The molecule has 1 heterocycles. The highest BCUT2D eigenvalue weighted by Gasteiger charge is 2.18. The van der Waals surface area contributed by atoms with Gasteiger partial charge in [-0.3, -0.25) is 4.98 Å². The number of ether oxygens (including phenoxy) is 1. The lowest BCUT2D eigenvalue weighted by Gasteiger charge is -2.20. The Morgan fingerprint density at radius 1 is 1.22 bits per heavy atom. The number of hydrogen-bond acceptors (Lipinski definition) is 4. The molecular formula is C14H25N3O. The van der Waals surface area contributed by atoms with Crippen molar-refractivity contribution >= 4 is 0 Å². The molecule has 1 aromatic rings.